The van der Waals surface area contributed by atoms with Gasteiger partial charge in [-0.25, -0.2) is 0 Å². The fourth-order valence-electron chi connectivity index (χ4n) is 1.34. The Kier molecular flexibility index (Phi) is 16.6. The first kappa shape index (κ1) is 33.3. The van der Waals surface area contributed by atoms with Gasteiger partial charge in [-0.1, -0.05) is 24.3 Å². The molecular weight excluding hydrogens is 484 g/mol. The lowest BCUT2D eigenvalue weighted by Gasteiger charge is -1.91. The molecule has 0 amide bonds. The van der Waals surface area contributed by atoms with E-state index in [1.807, 2.05) is 62.4 Å². The quantitative estimate of drug-likeness (QED) is 0.183. The van der Waals surface area contributed by atoms with Crippen LogP contribution in [0, 0.1) is 13.8 Å². The zero-order chi connectivity index (χ0) is 25.5. The molecule has 2 rings (SSSR count). The molecule has 0 fully saturated rings. The van der Waals surface area contributed by atoms with Crippen LogP contribution in [-0.4, -0.2) is 52.6 Å². The largest absolute Gasteiger partial charge is 0.399 e. The summed E-state index contributed by atoms with van der Waals surface area (Å²) < 4.78 is 94.8. The van der Waals surface area contributed by atoms with Crippen molar-refractivity contribution in [3.05, 3.63) is 59.7 Å². The third-order valence-electron chi connectivity index (χ3n) is 2.08. The molecule has 14 nitrogen and oxygen atoms in total. The van der Waals surface area contributed by atoms with E-state index in [1.165, 1.54) is 11.1 Å². The van der Waals surface area contributed by atoms with E-state index >= 15 is 0 Å². The van der Waals surface area contributed by atoms with Gasteiger partial charge in [-0.3, -0.25) is 27.3 Å². The van der Waals surface area contributed by atoms with E-state index < -0.39 is 31.2 Å². The molecule has 17 heteroatoms. The maximum absolute atomic E-state index is 8.74. The van der Waals surface area contributed by atoms with Gasteiger partial charge >= 0.3 is 31.2 Å². The average molecular weight is 509 g/mol. The van der Waals surface area contributed by atoms with E-state index in [-0.39, 0.29) is 0 Å². The van der Waals surface area contributed by atoms with Crippen LogP contribution in [0.2, 0.25) is 0 Å². The van der Waals surface area contributed by atoms with Crippen molar-refractivity contribution in [2.45, 2.75) is 13.8 Å². The number of benzene rings is 2. The molecule has 0 unspecified atom stereocenters. The van der Waals surface area contributed by atoms with E-state index in [2.05, 4.69) is 0 Å². The number of rotatable bonds is 0. The summed E-state index contributed by atoms with van der Waals surface area (Å²) in [6.07, 6.45) is 0. The van der Waals surface area contributed by atoms with Crippen molar-refractivity contribution in [3.63, 3.8) is 0 Å². The predicted molar refractivity (Wildman–Crippen MR) is 114 cm³/mol. The van der Waals surface area contributed by atoms with Crippen molar-refractivity contribution in [1.29, 1.82) is 0 Å². The number of nitrogens with two attached hydrogens (primary N) is 2. The van der Waals surface area contributed by atoms with Gasteiger partial charge in [0.2, 0.25) is 0 Å². The molecule has 0 aliphatic heterocycles. The Hall–Kier alpha value is -2.35. The highest BCUT2D eigenvalue weighted by atomic mass is 32.3. The lowest BCUT2D eigenvalue weighted by atomic mass is 10.2. The molecule has 180 valence electrons. The molecule has 10 N–H and O–H groups in total. The standard InChI is InChI=1S/2C7H9N.3H2O4S/c2*1-6-3-2-4-7(8)5-6;3*1-5(2,3)4/h2*2-5H,8H2,1H3;3*(H2,1,2,3,4). The van der Waals surface area contributed by atoms with Crippen molar-refractivity contribution in [2.75, 3.05) is 11.5 Å². The van der Waals surface area contributed by atoms with E-state index in [1.54, 1.807) is 0 Å². The van der Waals surface area contributed by atoms with Gasteiger partial charge in [-0.2, -0.15) is 25.3 Å². The van der Waals surface area contributed by atoms with Gasteiger partial charge in [0.05, 0.1) is 0 Å². The molecule has 0 saturated carbocycles. The molecule has 2 aromatic carbocycles. The number of hydrogen-bond donors (Lipinski definition) is 8. The number of anilines is 2. The van der Waals surface area contributed by atoms with Crippen LogP contribution in [0.25, 0.3) is 0 Å². The zero-order valence-corrected chi connectivity index (χ0v) is 18.6. The minimum atomic E-state index is -4.67. The Morgan fingerprint density at radius 1 is 0.548 bits per heavy atom. The summed E-state index contributed by atoms with van der Waals surface area (Å²) in [5, 5.41) is 0. The molecule has 0 saturated heterocycles. The first-order valence-corrected chi connectivity index (χ1v) is 11.5. The molecule has 0 aromatic heterocycles. The fourth-order valence-corrected chi connectivity index (χ4v) is 1.34. The van der Waals surface area contributed by atoms with Crippen LogP contribution >= 0.6 is 0 Å². The second-order valence-corrected chi connectivity index (χ2v) is 7.86. The normalized spacial score (nSPS) is 10.3. The average Bonchev–Trinajstić information content (AvgIpc) is 2.41. The van der Waals surface area contributed by atoms with Gasteiger partial charge in [0, 0.05) is 11.4 Å². The Bertz CT molecular complexity index is 912. The van der Waals surface area contributed by atoms with Crippen LogP contribution in [0.3, 0.4) is 0 Å². The summed E-state index contributed by atoms with van der Waals surface area (Å²) in [7, 11) is -14.0. The summed E-state index contributed by atoms with van der Waals surface area (Å²) in [5.74, 6) is 0. The van der Waals surface area contributed by atoms with Gasteiger partial charge in [0.1, 0.15) is 0 Å². The molecule has 0 radical (unpaired) electrons. The summed E-state index contributed by atoms with van der Waals surface area (Å²) in [6, 6.07) is 15.6. The van der Waals surface area contributed by atoms with Gasteiger partial charge in [-0.15, -0.1) is 0 Å². The lowest BCUT2D eigenvalue weighted by molar-refractivity contribution is 0.378. The van der Waals surface area contributed by atoms with Crippen molar-refractivity contribution in [2.24, 2.45) is 0 Å². The molecule has 31 heavy (non-hydrogen) atoms. The molecule has 0 bridgehead atoms. The van der Waals surface area contributed by atoms with E-state index in [4.69, 9.17) is 64.0 Å². The molecule has 0 aliphatic carbocycles. The van der Waals surface area contributed by atoms with Crippen LogP contribution in [0.15, 0.2) is 48.5 Å². The van der Waals surface area contributed by atoms with Crippen molar-refractivity contribution in [3.8, 4) is 0 Å². The topological polar surface area (TPSA) is 276 Å². The first-order valence-electron chi connectivity index (χ1n) is 7.32. The molecule has 0 heterocycles. The minimum absolute atomic E-state index is 0.838. The van der Waals surface area contributed by atoms with E-state index in [0.29, 0.717) is 0 Å². The SMILES string of the molecule is Cc1cccc(N)c1.Cc1cccc(N)c1.O=S(=O)(O)O.O=S(=O)(O)O.O=S(=O)(O)O. The van der Waals surface area contributed by atoms with E-state index in [9.17, 15) is 0 Å². The summed E-state index contributed by atoms with van der Waals surface area (Å²) in [4.78, 5) is 0. The maximum atomic E-state index is 8.74. The van der Waals surface area contributed by atoms with Gasteiger partial charge in [0.25, 0.3) is 0 Å². The lowest BCUT2D eigenvalue weighted by Crippen LogP contribution is -1.89. The summed E-state index contributed by atoms with van der Waals surface area (Å²) >= 11 is 0. The predicted octanol–water partition coefficient (Wildman–Crippen LogP) is 1.20. The van der Waals surface area contributed by atoms with Gasteiger partial charge in [-0.05, 0) is 49.2 Å². The molecule has 0 aliphatic rings. The smallest absolute Gasteiger partial charge is 0.394 e. The maximum Gasteiger partial charge on any atom is 0.394 e. The van der Waals surface area contributed by atoms with Gasteiger partial charge < -0.3 is 11.5 Å². The van der Waals surface area contributed by atoms with Crippen LogP contribution < -0.4 is 11.5 Å². The molecule has 0 spiro atoms. The van der Waals surface area contributed by atoms with Crippen molar-refractivity contribution in [1.82, 2.24) is 0 Å². The van der Waals surface area contributed by atoms with Crippen molar-refractivity contribution < 1.29 is 52.6 Å². The Labute approximate surface area is 180 Å². The highest BCUT2D eigenvalue weighted by Crippen LogP contribution is 2.03. The fraction of sp³-hybridized carbons (Fsp3) is 0.143. The number of hydrogen-bond acceptors (Lipinski definition) is 8. The van der Waals surface area contributed by atoms with E-state index in [0.717, 1.165) is 11.4 Å². The zero-order valence-electron chi connectivity index (χ0n) is 16.1. The second-order valence-electron chi connectivity index (χ2n) is 5.17. The van der Waals surface area contributed by atoms with Crippen LogP contribution in [0.4, 0.5) is 11.4 Å². The Morgan fingerprint density at radius 2 is 0.742 bits per heavy atom. The first-order chi connectivity index (χ1) is 13.6. The Morgan fingerprint density at radius 3 is 0.839 bits per heavy atom. The molecule has 0 atom stereocenters. The highest BCUT2D eigenvalue weighted by Gasteiger charge is 1.86. The third-order valence-corrected chi connectivity index (χ3v) is 2.08. The number of aryl methyl sites for hydroxylation is 2. The second kappa shape index (κ2) is 15.5. The Balaban J connectivity index is -0.000000324. The highest BCUT2D eigenvalue weighted by molar-refractivity contribution is 7.80. The third kappa shape index (κ3) is 58.4. The molecular formula is C14H24N2O12S3. The minimum Gasteiger partial charge on any atom is -0.399 e. The summed E-state index contributed by atoms with van der Waals surface area (Å²) in [6.45, 7) is 4.05. The number of nitrogen functional groups attached to an aromatic ring is 2. The summed E-state index contributed by atoms with van der Waals surface area (Å²) in [5.41, 5.74) is 15.0. The molecule has 2 aromatic rings. The van der Waals surface area contributed by atoms with Gasteiger partial charge in [0.15, 0.2) is 0 Å². The van der Waals surface area contributed by atoms with Crippen LogP contribution in [0.1, 0.15) is 11.1 Å². The monoisotopic (exact) mass is 508 g/mol. The van der Waals surface area contributed by atoms with Crippen molar-refractivity contribution >= 4 is 42.6 Å². The van der Waals surface area contributed by atoms with Crippen LogP contribution in [0.5, 0.6) is 0 Å². The van der Waals surface area contributed by atoms with Crippen LogP contribution in [-0.2, 0) is 31.2 Å².